The van der Waals surface area contributed by atoms with Crippen molar-refractivity contribution in [2.45, 2.75) is 13.3 Å². The maximum atomic E-state index is 12.0. The van der Waals surface area contributed by atoms with Crippen molar-refractivity contribution in [2.75, 3.05) is 6.54 Å². The van der Waals surface area contributed by atoms with Crippen LogP contribution in [0.1, 0.15) is 22.0 Å². The number of nitrogens with one attached hydrogen (secondary N) is 1. The molecule has 0 bridgehead atoms. The second kappa shape index (κ2) is 7.41. The minimum absolute atomic E-state index is 0.194. The van der Waals surface area contributed by atoms with Crippen molar-refractivity contribution in [3.05, 3.63) is 72.2 Å². The molecule has 0 saturated heterocycles. The molecule has 0 aliphatic heterocycles. The van der Waals surface area contributed by atoms with E-state index in [2.05, 4.69) is 25.3 Å². The molecule has 3 rings (SSSR count). The molecule has 0 aliphatic rings. The van der Waals surface area contributed by atoms with Crippen LogP contribution in [0.15, 0.2) is 55.0 Å². The highest BCUT2D eigenvalue weighted by Crippen LogP contribution is 2.19. The third-order valence-electron chi connectivity index (χ3n) is 3.47. The zero-order chi connectivity index (χ0) is 16.8. The third-order valence-corrected chi connectivity index (χ3v) is 3.47. The molecule has 6 nitrogen and oxygen atoms in total. The van der Waals surface area contributed by atoms with E-state index in [9.17, 15) is 4.79 Å². The fourth-order valence-corrected chi connectivity index (χ4v) is 2.33. The highest BCUT2D eigenvalue weighted by molar-refractivity contribution is 5.92. The summed E-state index contributed by atoms with van der Waals surface area (Å²) < 4.78 is 0. The van der Waals surface area contributed by atoms with Gasteiger partial charge in [0, 0.05) is 37.1 Å². The molecular weight excluding hydrogens is 302 g/mol. The van der Waals surface area contributed by atoms with Crippen molar-refractivity contribution >= 4 is 5.91 Å². The number of nitrogens with zero attached hydrogens (tertiary/aromatic N) is 4. The Morgan fingerprint density at radius 2 is 1.83 bits per heavy atom. The fourth-order valence-electron chi connectivity index (χ4n) is 2.33. The Labute approximate surface area is 140 Å². The van der Waals surface area contributed by atoms with E-state index < -0.39 is 0 Å². The summed E-state index contributed by atoms with van der Waals surface area (Å²) in [5, 5.41) is 2.86. The first-order valence-corrected chi connectivity index (χ1v) is 7.67. The first kappa shape index (κ1) is 15.7. The van der Waals surface area contributed by atoms with Crippen LogP contribution in [0.3, 0.4) is 0 Å². The summed E-state index contributed by atoms with van der Waals surface area (Å²) in [5.41, 5.74) is 2.97. The molecule has 6 heteroatoms. The zero-order valence-corrected chi connectivity index (χ0v) is 13.3. The van der Waals surface area contributed by atoms with E-state index in [1.54, 1.807) is 36.8 Å². The van der Waals surface area contributed by atoms with Gasteiger partial charge in [0.15, 0.2) is 0 Å². The molecule has 0 atom stereocenters. The summed E-state index contributed by atoms with van der Waals surface area (Å²) in [5.74, 6) is 0.501. The summed E-state index contributed by atoms with van der Waals surface area (Å²) in [6.07, 6.45) is 5.71. The third kappa shape index (κ3) is 3.78. The van der Waals surface area contributed by atoms with E-state index in [-0.39, 0.29) is 5.91 Å². The van der Waals surface area contributed by atoms with E-state index >= 15 is 0 Å². The minimum Gasteiger partial charge on any atom is -0.350 e. The molecule has 0 aliphatic carbocycles. The van der Waals surface area contributed by atoms with Gasteiger partial charge in [-0.1, -0.05) is 12.1 Å². The molecule has 1 N–H and O–H groups in total. The van der Waals surface area contributed by atoms with E-state index in [0.29, 0.717) is 24.5 Å². The monoisotopic (exact) mass is 319 g/mol. The zero-order valence-electron chi connectivity index (χ0n) is 13.3. The molecule has 24 heavy (non-hydrogen) atoms. The van der Waals surface area contributed by atoms with Gasteiger partial charge >= 0.3 is 0 Å². The second-order valence-corrected chi connectivity index (χ2v) is 5.21. The number of hydrogen-bond donors (Lipinski definition) is 1. The molecule has 0 radical (unpaired) electrons. The van der Waals surface area contributed by atoms with Crippen molar-refractivity contribution in [3.8, 4) is 11.3 Å². The van der Waals surface area contributed by atoms with Crippen molar-refractivity contribution in [2.24, 2.45) is 0 Å². The highest BCUT2D eigenvalue weighted by atomic mass is 16.1. The molecule has 1 amide bonds. The van der Waals surface area contributed by atoms with Gasteiger partial charge in [-0.15, -0.1) is 0 Å². The maximum Gasteiger partial charge on any atom is 0.269 e. The molecule has 120 valence electrons. The predicted molar refractivity (Wildman–Crippen MR) is 90.3 cm³/mol. The molecule has 0 fully saturated rings. The van der Waals surface area contributed by atoms with Crippen LogP contribution in [-0.4, -0.2) is 32.4 Å². The van der Waals surface area contributed by atoms with E-state index in [0.717, 1.165) is 17.0 Å². The molecule has 0 saturated carbocycles. The highest BCUT2D eigenvalue weighted by Gasteiger charge is 2.10. The van der Waals surface area contributed by atoms with Crippen LogP contribution in [0.2, 0.25) is 0 Å². The van der Waals surface area contributed by atoms with Crippen LogP contribution in [0.4, 0.5) is 0 Å². The lowest BCUT2D eigenvalue weighted by Crippen LogP contribution is -2.26. The van der Waals surface area contributed by atoms with E-state index in [1.807, 2.05) is 25.1 Å². The number of aromatic nitrogens is 4. The van der Waals surface area contributed by atoms with Crippen molar-refractivity contribution in [1.29, 1.82) is 0 Å². The Bertz CT molecular complexity index is 821. The molecule has 0 aromatic carbocycles. The molecule has 0 unspecified atom stereocenters. The van der Waals surface area contributed by atoms with Crippen LogP contribution >= 0.6 is 0 Å². The van der Waals surface area contributed by atoms with Crippen LogP contribution in [0.25, 0.3) is 11.3 Å². The molecule has 3 aromatic heterocycles. The number of carbonyl (C=O) groups excluding carboxylic acids is 1. The largest absolute Gasteiger partial charge is 0.350 e. The smallest absolute Gasteiger partial charge is 0.269 e. The number of rotatable bonds is 5. The van der Waals surface area contributed by atoms with E-state index in [1.165, 1.54) is 0 Å². The first-order valence-electron chi connectivity index (χ1n) is 7.67. The number of aryl methyl sites for hydroxylation is 1. The van der Waals surface area contributed by atoms with Crippen LogP contribution in [0, 0.1) is 6.92 Å². The van der Waals surface area contributed by atoms with Gasteiger partial charge in [-0.2, -0.15) is 0 Å². The van der Waals surface area contributed by atoms with Gasteiger partial charge in [-0.25, -0.2) is 9.97 Å². The number of pyridine rings is 2. The number of hydrogen-bond acceptors (Lipinski definition) is 5. The van der Waals surface area contributed by atoms with Gasteiger partial charge in [0.2, 0.25) is 0 Å². The SMILES string of the molecule is Cc1ncc(-c2ccccn2)c(CCNC(=O)c2ccccn2)n1. The van der Waals surface area contributed by atoms with Gasteiger partial charge in [-0.05, 0) is 31.2 Å². The van der Waals surface area contributed by atoms with Crippen molar-refractivity contribution in [1.82, 2.24) is 25.3 Å². The van der Waals surface area contributed by atoms with Gasteiger partial charge in [0.25, 0.3) is 5.91 Å². The summed E-state index contributed by atoms with van der Waals surface area (Å²) in [6.45, 7) is 2.31. The average molecular weight is 319 g/mol. The standard InChI is InChI=1S/C18H17N5O/c1-13-22-12-14(15-6-2-4-9-19-15)16(23-13)8-11-21-18(24)17-7-3-5-10-20-17/h2-7,9-10,12H,8,11H2,1H3,(H,21,24). The topological polar surface area (TPSA) is 80.7 Å². The summed E-state index contributed by atoms with van der Waals surface area (Å²) in [4.78, 5) is 29.2. The summed E-state index contributed by atoms with van der Waals surface area (Å²) in [7, 11) is 0. The quantitative estimate of drug-likeness (QED) is 0.780. The average Bonchev–Trinajstić information content (AvgIpc) is 2.63. The van der Waals surface area contributed by atoms with Gasteiger partial charge in [0.1, 0.15) is 11.5 Å². The van der Waals surface area contributed by atoms with Crippen LogP contribution in [-0.2, 0) is 6.42 Å². The Morgan fingerprint density at radius 3 is 2.54 bits per heavy atom. The van der Waals surface area contributed by atoms with Crippen molar-refractivity contribution in [3.63, 3.8) is 0 Å². The normalized spacial score (nSPS) is 10.4. The molecule has 0 spiro atoms. The predicted octanol–water partition coefficient (Wildman–Crippen LogP) is 2.21. The Hall–Kier alpha value is -3.15. The Kier molecular flexibility index (Phi) is 4.86. The minimum atomic E-state index is -0.194. The molecular formula is C18H17N5O. The van der Waals surface area contributed by atoms with Gasteiger partial charge < -0.3 is 5.32 Å². The maximum absolute atomic E-state index is 12.0. The summed E-state index contributed by atoms with van der Waals surface area (Å²) >= 11 is 0. The van der Waals surface area contributed by atoms with Crippen LogP contribution in [0.5, 0.6) is 0 Å². The number of amides is 1. The van der Waals surface area contributed by atoms with Crippen molar-refractivity contribution < 1.29 is 4.79 Å². The van der Waals surface area contributed by atoms with Crippen LogP contribution < -0.4 is 5.32 Å². The lowest BCUT2D eigenvalue weighted by atomic mass is 10.1. The Morgan fingerprint density at radius 1 is 1.04 bits per heavy atom. The fraction of sp³-hybridized carbons (Fsp3) is 0.167. The van der Waals surface area contributed by atoms with Gasteiger partial charge in [-0.3, -0.25) is 14.8 Å². The second-order valence-electron chi connectivity index (χ2n) is 5.21. The number of carbonyl (C=O) groups is 1. The lowest BCUT2D eigenvalue weighted by molar-refractivity contribution is 0.0949. The summed E-state index contributed by atoms with van der Waals surface area (Å²) in [6, 6.07) is 11.0. The van der Waals surface area contributed by atoms with Gasteiger partial charge in [0.05, 0.1) is 11.4 Å². The lowest BCUT2D eigenvalue weighted by Gasteiger charge is -2.09. The van der Waals surface area contributed by atoms with E-state index in [4.69, 9.17) is 0 Å². The molecule has 3 heterocycles. The Balaban J connectivity index is 1.71. The first-order chi connectivity index (χ1) is 11.7. The molecule has 3 aromatic rings.